The second kappa shape index (κ2) is 10.3. The Morgan fingerprint density at radius 3 is 2.24 bits per heavy atom. The minimum absolute atomic E-state index is 0.0206. The molecule has 0 unspecified atom stereocenters. The van der Waals surface area contributed by atoms with Crippen LogP contribution in [0.25, 0.3) is 6.08 Å². The van der Waals surface area contributed by atoms with Crippen LogP contribution in [0.4, 0.5) is 37.7 Å². The minimum atomic E-state index is -2.40. The van der Waals surface area contributed by atoms with Gasteiger partial charge in [0.05, 0.1) is 20.7 Å². The van der Waals surface area contributed by atoms with Gasteiger partial charge in [0.2, 0.25) is 11.6 Å². The van der Waals surface area contributed by atoms with E-state index in [0.717, 1.165) is 12.1 Å². The van der Waals surface area contributed by atoms with Gasteiger partial charge in [-0.2, -0.15) is 10.1 Å². The van der Waals surface area contributed by atoms with Gasteiger partial charge in [0.1, 0.15) is 18.1 Å². The smallest absolute Gasteiger partial charge is 0.312 e. The van der Waals surface area contributed by atoms with Gasteiger partial charge in [0.15, 0.2) is 23.3 Å². The summed E-state index contributed by atoms with van der Waals surface area (Å²) in [5.74, 6) is -13.5. The van der Waals surface area contributed by atoms with E-state index in [1.165, 1.54) is 31.2 Å². The quantitative estimate of drug-likeness (QED) is 0.0800. The molecule has 0 aromatic heterocycles. The number of amides is 1. The molecule has 0 saturated heterocycles. The zero-order valence-electron chi connectivity index (χ0n) is 18.9. The molecule has 1 heterocycles. The number of ether oxygens (including phenoxy) is 1. The number of rotatable bonds is 6. The number of carbonyl (C=O) groups is 1. The van der Waals surface area contributed by atoms with Gasteiger partial charge >= 0.3 is 5.69 Å². The van der Waals surface area contributed by atoms with Crippen LogP contribution in [0.15, 0.2) is 51.5 Å². The molecule has 0 aliphatic carbocycles. The van der Waals surface area contributed by atoms with Crippen molar-refractivity contribution in [1.29, 1.82) is 0 Å². The molecule has 7 nitrogen and oxygen atoms in total. The highest BCUT2D eigenvalue weighted by atomic mass is 79.9. The van der Waals surface area contributed by atoms with Crippen molar-refractivity contribution in [3.8, 4) is 5.75 Å². The van der Waals surface area contributed by atoms with Crippen LogP contribution in [0.1, 0.15) is 18.1 Å². The summed E-state index contributed by atoms with van der Waals surface area (Å²) in [6, 6.07) is 7.95. The first-order chi connectivity index (χ1) is 17.9. The summed E-state index contributed by atoms with van der Waals surface area (Å²) in [5, 5.41) is 15.3. The number of halogens is 7. The molecule has 4 rings (SSSR count). The number of nitrogens with zero attached hydrogens (tertiary/aromatic N) is 3. The molecule has 196 valence electrons. The molecule has 3 aromatic rings. The second-order valence-corrected chi connectivity index (χ2v) is 8.62. The molecule has 1 aliphatic rings. The average molecular weight is 600 g/mol. The van der Waals surface area contributed by atoms with Crippen molar-refractivity contribution in [3.63, 3.8) is 0 Å². The van der Waals surface area contributed by atoms with E-state index in [4.69, 9.17) is 4.74 Å². The molecule has 38 heavy (non-hydrogen) atoms. The largest absolute Gasteiger partial charge is 0.481 e. The number of benzene rings is 3. The van der Waals surface area contributed by atoms with Gasteiger partial charge < -0.3 is 4.74 Å². The third-order valence-corrected chi connectivity index (χ3v) is 5.93. The number of hydrogen-bond acceptors (Lipinski definition) is 5. The van der Waals surface area contributed by atoms with Crippen LogP contribution in [-0.2, 0) is 11.4 Å². The first-order valence-corrected chi connectivity index (χ1v) is 11.2. The van der Waals surface area contributed by atoms with E-state index in [0.29, 0.717) is 0 Å². The van der Waals surface area contributed by atoms with Gasteiger partial charge in [-0.3, -0.25) is 14.9 Å². The fourth-order valence-electron chi connectivity index (χ4n) is 3.51. The maximum absolute atomic E-state index is 14.2. The number of nitro groups is 1. The van der Waals surface area contributed by atoms with E-state index < -0.39 is 57.1 Å². The van der Waals surface area contributed by atoms with Crippen LogP contribution >= 0.6 is 15.9 Å². The van der Waals surface area contributed by atoms with E-state index in [1.807, 2.05) is 0 Å². The lowest BCUT2D eigenvalue weighted by atomic mass is 10.1. The summed E-state index contributed by atoms with van der Waals surface area (Å²) in [5.41, 5.74) is -2.49. The third-order valence-electron chi connectivity index (χ3n) is 5.34. The van der Waals surface area contributed by atoms with Gasteiger partial charge in [-0.15, -0.1) is 0 Å². The highest BCUT2D eigenvalue weighted by Crippen LogP contribution is 2.39. The van der Waals surface area contributed by atoms with E-state index in [1.54, 1.807) is 6.07 Å². The van der Waals surface area contributed by atoms with Gasteiger partial charge in [-0.25, -0.2) is 26.3 Å². The molecule has 0 spiro atoms. The molecule has 14 heteroatoms. The van der Waals surface area contributed by atoms with Crippen LogP contribution in [0.3, 0.4) is 0 Å². The normalized spacial score (nSPS) is 14.3. The van der Waals surface area contributed by atoms with Crippen molar-refractivity contribution < 1.29 is 40.8 Å². The predicted octanol–water partition coefficient (Wildman–Crippen LogP) is 6.58. The molecule has 3 aromatic carbocycles. The summed E-state index contributed by atoms with van der Waals surface area (Å²) in [6.07, 6.45) is 1.08. The number of carbonyl (C=O) groups excluding carboxylic acids is 1. The molecule has 1 aliphatic heterocycles. The van der Waals surface area contributed by atoms with E-state index in [-0.39, 0.29) is 44.2 Å². The Hall–Kier alpha value is -4.20. The Kier molecular flexibility index (Phi) is 7.26. The number of anilines is 1. The Balaban J connectivity index is 1.70. The topological polar surface area (TPSA) is 85.0 Å². The molecular weight excluding hydrogens is 588 g/mol. The maximum atomic E-state index is 14.2. The first-order valence-electron chi connectivity index (χ1n) is 10.4. The molecule has 0 saturated carbocycles. The van der Waals surface area contributed by atoms with Crippen molar-refractivity contribution in [2.45, 2.75) is 13.5 Å². The van der Waals surface area contributed by atoms with Crippen LogP contribution in [0.2, 0.25) is 0 Å². The summed E-state index contributed by atoms with van der Waals surface area (Å²) in [4.78, 5) is 23.8. The SMILES string of the molecule is CC1=NN(c2c(F)c(F)c(F)c(F)c2F)C(=O)/C1=C\c1cc(Br)c(OCc2ccccc2F)c([N+](=O)[O-])c1. The Morgan fingerprint density at radius 1 is 1.03 bits per heavy atom. The highest BCUT2D eigenvalue weighted by molar-refractivity contribution is 9.10. The molecule has 0 fully saturated rings. The van der Waals surface area contributed by atoms with Gasteiger partial charge in [-0.1, -0.05) is 18.2 Å². The second-order valence-electron chi connectivity index (χ2n) is 7.77. The zero-order valence-corrected chi connectivity index (χ0v) is 20.5. The standard InChI is InChI=1S/C24H12BrF6N3O4/c1-10-13(24(35)33(32-10)22-20(30)18(28)17(27)19(29)21(22)31)6-11-7-14(25)23(16(8-11)34(36)37)38-9-12-4-2-3-5-15(12)26/h2-8H,9H2,1H3/b13-6-. The molecule has 1 amide bonds. The van der Waals surface area contributed by atoms with Crippen molar-refractivity contribution in [1.82, 2.24) is 0 Å². The molecular formula is C24H12BrF6N3O4. The predicted molar refractivity (Wildman–Crippen MR) is 126 cm³/mol. The van der Waals surface area contributed by atoms with Gasteiger partial charge in [-0.05, 0) is 46.6 Å². The third kappa shape index (κ3) is 4.74. The van der Waals surface area contributed by atoms with Crippen molar-refractivity contribution in [3.05, 3.63) is 103 Å². The Bertz CT molecular complexity index is 1550. The summed E-state index contributed by atoms with van der Waals surface area (Å²) in [7, 11) is 0. The lowest BCUT2D eigenvalue weighted by molar-refractivity contribution is -0.386. The lowest BCUT2D eigenvalue weighted by Gasteiger charge is -2.15. The monoisotopic (exact) mass is 599 g/mol. The van der Waals surface area contributed by atoms with Crippen molar-refractivity contribution in [2.75, 3.05) is 5.01 Å². The number of nitro benzene ring substituents is 1. The van der Waals surface area contributed by atoms with E-state index in [2.05, 4.69) is 21.0 Å². The first kappa shape index (κ1) is 26.9. The van der Waals surface area contributed by atoms with Crippen LogP contribution in [0, 0.1) is 45.0 Å². The Labute approximate surface area is 217 Å². The van der Waals surface area contributed by atoms with Crippen LogP contribution in [0.5, 0.6) is 5.75 Å². The molecule has 0 N–H and O–H groups in total. The molecule has 0 radical (unpaired) electrons. The van der Waals surface area contributed by atoms with Crippen LogP contribution < -0.4 is 9.75 Å². The fourth-order valence-corrected chi connectivity index (χ4v) is 4.09. The zero-order chi connectivity index (χ0) is 27.9. The Morgan fingerprint density at radius 2 is 1.63 bits per heavy atom. The number of hydrogen-bond donors (Lipinski definition) is 0. The summed E-state index contributed by atoms with van der Waals surface area (Å²) in [6.45, 7) is 0.888. The number of hydrazone groups is 1. The van der Waals surface area contributed by atoms with E-state index >= 15 is 0 Å². The van der Waals surface area contributed by atoms with Gasteiger partial charge in [0.25, 0.3) is 5.91 Å². The highest BCUT2D eigenvalue weighted by Gasteiger charge is 2.37. The molecule has 0 bridgehead atoms. The van der Waals surface area contributed by atoms with Gasteiger partial charge in [0, 0.05) is 11.6 Å². The summed E-state index contributed by atoms with van der Waals surface area (Å²) >= 11 is 3.13. The van der Waals surface area contributed by atoms with Crippen LogP contribution in [-0.4, -0.2) is 16.5 Å². The van der Waals surface area contributed by atoms with Crippen molar-refractivity contribution in [2.24, 2.45) is 5.10 Å². The van der Waals surface area contributed by atoms with E-state index in [9.17, 15) is 41.3 Å². The maximum Gasteiger partial charge on any atom is 0.312 e. The minimum Gasteiger partial charge on any atom is -0.481 e. The average Bonchev–Trinajstić information content (AvgIpc) is 3.14. The molecule has 0 atom stereocenters. The van der Waals surface area contributed by atoms with Crippen molar-refractivity contribution >= 4 is 45.0 Å². The lowest BCUT2D eigenvalue weighted by Crippen LogP contribution is -2.25. The fraction of sp³-hybridized carbons (Fsp3) is 0.0833. The summed E-state index contributed by atoms with van der Waals surface area (Å²) < 4.78 is 88.6.